The Morgan fingerprint density at radius 3 is 2.47 bits per heavy atom. The maximum Gasteiger partial charge on any atom is 0.329 e. The molecule has 0 saturated carbocycles. The molecule has 1 heterocycles. The van der Waals surface area contributed by atoms with Gasteiger partial charge in [0.2, 0.25) is 0 Å². The maximum atomic E-state index is 13.3. The lowest BCUT2D eigenvalue weighted by atomic mass is 9.94. The highest BCUT2D eigenvalue weighted by atomic mass is 19.1. The first-order chi connectivity index (χ1) is 15.4. The van der Waals surface area contributed by atoms with Gasteiger partial charge < -0.3 is 20.5 Å². The van der Waals surface area contributed by atoms with Crippen molar-refractivity contribution in [2.24, 2.45) is 0 Å². The summed E-state index contributed by atoms with van der Waals surface area (Å²) in [6, 6.07) is 18.0. The van der Waals surface area contributed by atoms with Crippen LogP contribution >= 0.6 is 0 Å². The van der Waals surface area contributed by atoms with Gasteiger partial charge in [0.05, 0.1) is 12.3 Å². The molecule has 3 aromatic carbocycles. The molecule has 1 aliphatic rings. The predicted octanol–water partition coefficient (Wildman–Crippen LogP) is 3.74. The van der Waals surface area contributed by atoms with E-state index in [4.69, 9.17) is 4.74 Å². The minimum Gasteiger partial charge on any atom is -0.494 e. The van der Waals surface area contributed by atoms with E-state index in [9.17, 15) is 19.1 Å². The highest BCUT2D eigenvalue weighted by molar-refractivity contribution is 6.11. The monoisotopic (exact) mass is 435 g/mol. The van der Waals surface area contributed by atoms with Crippen LogP contribution in [0.5, 0.6) is 5.75 Å². The number of anilines is 2. The maximum absolute atomic E-state index is 13.3. The highest BCUT2D eigenvalue weighted by Gasteiger charge is 2.51. The molecule has 3 aromatic rings. The molecule has 0 spiro atoms. The molecule has 32 heavy (non-hydrogen) atoms. The molecular weight excluding hydrogens is 413 g/mol. The quantitative estimate of drug-likeness (QED) is 0.550. The zero-order chi connectivity index (χ0) is 22.7. The fourth-order valence-electron chi connectivity index (χ4n) is 3.63. The number of benzene rings is 3. The summed E-state index contributed by atoms with van der Waals surface area (Å²) in [5.41, 5.74) is -0.805. The first-order valence-electron chi connectivity index (χ1n) is 10.1. The van der Waals surface area contributed by atoms with Crippen LogP contribution in [0.1, 0.15) is 18.1 Å². The third-order valence-corrected chi connectivity index (χ3v) is 5.16. The van der Waals surface area contributed by atoms with Crippen molar-refractivity contribution in [3.8, 4) is 5.75 Å². The van der Waals surface area contributed by atoms with Crippen LogP contribution < -0.4 is 20.3 Å². The summed E-state index contributed by atoms with van der Waals surface area (Å²) in [5, 5.41) is 17.1. The number of carbonyl (C=O) groups is 2. The number of nitrogens with one attached hydrogen (secondary N) is 2. The average Bonchev–Trinajstić information content (AvgIpc) is 2.80. The minimum atomic E-state index is -2.31. The van der Waals surface area contributed by atoms with E-state index < -0.39 is 23.5 Å². The summed E-state index contributed by atoms with van der Waals surface area (Å²) in [6.07, 6.45) is 0. The molecular formula is C24H22FN3O4. The Morgan fingerprint density at radius 2 is 1.78 bits per heavy atom. The van der Waals surface area contributed by atoms with E-state index in [0.717, 1.165) is 4.90 Å². The van der Waals surface area contributed by atoms with Gasteiger partial charge in [0.15, 0.2) is 0 Å². The Labute approximate surface area is 184 Å². The molecule has 0 aromatic heterocycles. The standard InChI is InChI=1S/C24H22FN3O4/c1-2-32-19-13-11-18(12-14-19)28-23(30)27-21-6-4-3-5-20(21)24(28,31)22(29)26-15-16-7-9-17(25)10-8-16/h3-14,31H,2,15H2,1H3,(H,26,29)(H,27,30)/t24-/m1/s1. The summed E-state index contributed by atoms with van der Waals surface area (Å²) in [7, 11) is 0. The Bertz CT molecular complexity index is 1130. The summed E-state index contributed by atoms with van der Waals surface area (Å²) in [6.45, 7) is 2.38. The molecule has 8 heteroatoms. The molecule has 1 aliphatic heterocycles. The number of nitrogens with zero attached hydrogens (tertiary/aromatic N) is 1. The predicted molar refractivity (Wildman–Crippen MR) is 118 cm³/mol. The SMILES string of the molecule is CCOc1ccc(N2C(=O)Nc3ccccc3[C@@]2(O)C(=O)NCc2ccc(F)cc2)cc1. The van der Waals surface area contributed by atoms with Crippen LogP contribution in [0.2, 0.25) is 0 Å². The van der Waals surface area contributed by atoms with E-state index in [1.54, 1.807) is 48.5 Å². The summed E-state index contributed by atoms with van der Waals surface area (Å²) < 4.78 is 18.6. The van der Waals surface area contributed by atoms with Crippen molar-refractivity contribution < 1.29 is 23.8 Å². The molecule has 0 fully saturated rings. The van der Waals surface area contributed by atoms with Gasteiger partial charge in [-0.15, -0.1) is 0 Å². The van der Waals surface area contributed by atoms with Gasteiger partial charge in [-0.2, -0.15) is 0 Å². The van der Waals surface area contributed by atoms with Crippen molar-refractivity contribution in [1.82, 2.24) is 5.32 Å². The number of ether oxygens (including phenoxy) is 1. The zero-order valence-corrected chi connectivity index (χ0v) is 17.3. The number of hydrogen-bond acceptors (Lipinski definition) is 4. The van der Waals surface area contributed by atoms with Crippen molar-refractivity contribution in [2.75, 3.05) is 16.8 Å². The molecule has 3 N–H and O–H groups in total. The normalized spacial score (nSPS) is 17.3. The highest BCUT2D eigenvalue weighted by Crippen LogP contribution is 2.40. The number of amides is 3. The largest absolute Gasteiger partial charge is 0.494 e. The van der Waals surface area contributed by atoms with E-state index in [0.29, 0.717) is 29.3 Å². The Kier molecular flexibility index (Phi) is 5.79. The molecule has 0 unspecified atom stereocenters. The molecule has 1 atom stereocenters. The fourth-order valence-corrected chi connectivity index (χ4v) is 3.63. The molecule has 164 valence electrons. The topological polar surface area (TPSA) is 90.9 Å². The van der Waals surface area contributed by atoms with Crippen molar-refractivity contribution >= 4 is 23.3 Å². The molecule has 4 rings (SSSR count). The van der Waals surface area contributed by atoms with Crippen LogP contribution in [0.3, 0.4) is 0 Å². The van der Waals surface area contributed by atoms with Crippen molar-refractivity contribution in [3.05, 3.63) is 89.7 Å². The summed E-state index contributed by atoms with van der Waals surface area (Å²) in [5.74, 6) is -0.588. The molecule has 0 radical (unpaired) electrons. The van der Waals surface area contributed by atoms with Gasteiger partial charge in [0.25, 0.3) is 11.6 Å². The van der Waals surface area contributed by atoms with Crippen LogP contribution in [-0.2, 0) is 17.1 Å². The molecule has 0 saturated heterocycles. The molecule has 0 aliphatic carbocycles. The van der Waals surface area contributed by atoms with Crippen LogP contribution in [0.4, 0.5) is 20.6 Å². The van der Waals surface area contributed by atoms with Gasteiger partial charge >= 0.3 is 6.03 Å². The van der Waals surface area contributed by atoms with Crippen LogP contribution in [0.25, 0.3) is 0 Å². The lowest BCUT2D eigenvalue weighted by Gasteiger charge is -2.42. The number of para-hydroxylation sites is 1. The second-order valence-electron chi connectivity index (χ2n) is 7.22. The number of hydrogen-bond donors (Lipinski definition) is 3. The lowest BCUT2D eigenvalue weighted by molar-refractivity contribution is -0.140. The number of rotatable bonds is 6. The molecule has 0 bridgehead atoms. The van der Waals surface area contributed by atoms with E-state index in [1.807, 2.05) is 6.92 Å². The van der Waals surface area contributed by atoms with Crippen molar-refractivity contribution in [3.63, 3.8) is 0 Å². The average molecular weight is 435 g/mol. The van der Waals surface area contributed by atoms with Crippen molar-refractivity contribution in [2.45, 2.75) is 19.2 Å². The number of urea groups is 1. The van der Waals surface area contributed by atoms with Crippen molar-refractivity contribution in [1.29, 1.82) is 0 Å². The lowest BCUT2D eigenvalue weighted by Crippen LogP contribution is -2.62. The zero-order valence-electron chi connectivity index (χ0n) is 17.3. The first-order valence-corrected chi connectivity index (χ1v) is 10.1. The number of carbonyl (C=O) groups excluding carboxylic acids is 2. The molecule has 7 nitrogen and oxygen atoms in total. The van der Waals surface area contributed by atoms with Gasteiger partial charge in [-0.05, 0) is 55.0 Å². The van der Waals surface area contributed by atoms with Gasteiger partial charge in [-0.25, -0.2) is 9.18 Å². The minimum absolute atomic E-state index is 0.0440. The van der Waals surface area contributed by atoms with Gasteiger partial charge in [-0.1, -0.05) is 30.3 Å². The van der Waals surface area contributed by atoms with E-state index in [-0.39, 0.29) is 12.1 Å². The number of halogens is 1. The van der Waals surface area contributed by atoms with Gasteiger partial charge in [0, 0.05) is 17.8 Å². The second kappa shape index (κ2) is 8.68. The Hall–Kier alpha value is -3.91. The molecule has 3 amide bonds. The van der Waals surface area contributed by atoms with E-state index in [1.165, 1.54) is 24.3 Å². The van der Waals surface area contributed by atoms with E-state index >= 15 is 0 Å². The second-order valence-corrected chi connectivity index (χ2v) is 7.22. The van der Waals surface area contributed by atoms with Gasteiger partial charge in [0.1, 0.15) is 11.6 Å². The Morgan fingerprint density at radius 1 is 1.09 bits per heavy atom. The Balaban J connectivity index is 1.71. The fraction of sp³-hybridized carbons (Fsp3) is 0.167. The number of aliphatic hydroxyl groups is 1. The van der Waals surface area contributed by atoms with E-state index in [2.05, 4.69) is 10.6 Å². The summed E-state index contributed by atoms with van der Waals surface area (Å²) in [4.78, 5) is 27.3. The van der Waals surface area contributed by atoms with Gasteiger partial charge in [-0.3, -0.25) is 9.69 Å². The smallest absolute Gasteiger partial charge is 0.329 e. The van der Waals surface area contributed by atoms with Crippen LogP contribution in [0.15, 0.2) is 72.8 Å². The first kappa shape index (κ1) is 21.3. The third kappa shape index (κ3) is 3.88. The van der Waals surface area contributed by atoms with Crippen LogP contribution in [0, 0.1) is 5.82 Å². The van der Waals surface area contributed by atoms with Crippen LogP contribution in [-0.4, -0.2) is 23.7 Å². The number of fused-ring (bicyclic) bond motifs is 1. The third-order valence-electron chi connectivity index (χ3n) is 5.16. The summed E-state index contributed by atoms with van der Waals surface area (Å²) >= 11 is 0.